The van der Waals surface area contributed by atoms with Crippen LogP contribution in [-0.2, 0) is 4.79 Å². The van der Waals surface area contributed by atoms with Crippen molar-refractivity contribution < 1.29 is 9.59 Å². The van der Waals surface area contributed by atoms with Crippen LogP contribution >= 0.6 is 11.6 Å². The maximum Gasteiger partial charge on any atom is 0.262 e. The number of hydrazone groups is 1. The molecule has 29 heavy (non-hydrogen) atoms. The van der Waals surface area contributed by atoms with E-state index < -0.39 is 6.04 Å². The lowest BCUT2D eigenvalue weighted by Gasteiger charge is -2.19. The second kappa shape index (κ2) is 10.6. The third-order valence-electron chi connectivity index (χ3n) is 4.23. The van der Waals surface area contributed by atoms with Crippen LogP contribution in [-0.4, -0.2) is 38.2 Å². The number of nitrogens with zero attached hydrogens (tertiary/aromatic N) is 2. The third-order valence-corrected chi connectivity index (χ3v) is 4.49. The molecule has 0 radical (unpaired) electrons. The molecule has 0 aromatic heterocycles. The molecule has 7 heteroatoms. The van der Waals surface area contributed by atoms with Crippen molar-refractivity contribution in [2.45, 2.75) is 26.3 Å². The molecule has 0 aliphatic rings. The van der Waals surface area contributed by atoms with Gasteiger partial charge in [-0.05, 0) is 54.3 Å². The SMILES string of the molecule is CC(C)CC(NC(=O)c1ccc(Cl)cc1)C(=O)N/N=C/c1ccc(N(C)C)cc1. The van der Waals surface area contributed by atoms with Gasteiger partial charge in [-0.3, -0.25) is 9.59 Å². The molecule has 0 spiro atoms. The van der Waals surface area contributed by atoms with Crippen LogP contribution in [0.25, 0.3) is 0 Å². The molecular formula is C22H27ClN4O2. The van der Waals surface area contributed by atoms with Crippen LogP contribution in [0.5, 0.6) is 0 Å². The Morgan fingerprint density at radius 1 is 1.07 bits per heavy atom. The van der Waals surface area contributed by atoms with Gasteiger partial charge < -0.3 is 10.2 Å². The minimum atomic E-state index is -0.688. The number of nitrogens with one attached hydrogen (secondary N) is 2. The van der Waals surface area contributed by atoms with E-state index in [1.807, 2.05) is 57.1 Å². The van der Waals surface area contributed by atoms with E-state index in [0.717, 1.165) is 11.3 Å². The Bertz CT molecular complexity index is 846. The van der Waals surface area contributed by atoms with Gasteiger partial charge in [-0.15, -0.1) is 0 Å². The zero-order valence-corrected chi connectivity index (χ0v) is 17.9. The molecule has 0 bridgehead atoms. The van der Waals surface area contributed by atoms with Crippen molar-refractivity contribution in [2.24, 2.45) is 11.0 Å². The number of carbonyl (C=O) groups excluding carboxylic acids is 2. The molecule has 0 saturated carbocycles. The Kier molecular flexibility index (Phi) is 8.21. The number of hydrogen-bond donors (Lipinski definition) is 2. The average molecular weight is 415 g/mol. The van der Waals surface area contributed by atoms with Gasteiger partial charge in [0.15, 0.2) is 0 Å². The van der Waals surface area contributed by atoms with Gasteiger partial charge >= 0.3 is 0 Å². The second-order valence-corrected chi connectivity index (χ2v) is 7.82. The number of hydrogen-bond acceptors (Lipinski definition) is 4. The summed E-state index contributed by atoms with van der Waals surface area (Å²) < 4.78 is 0. The minimum absolute atomic E-state index is 0.221. The molecule has 2 N–H and O–H groups in total. The van der Waals surface area contributed by atoms with E-state index in [0.29, 0.717) is 17.0 Å². The molecule has 0 aliphatic carbocycles. The summed E-state index contributed by atoms with van der Waals surface area (Å²) >= 11 is 5.86. The Morgan fingerprint density at radius 2 is 1.69 bits per heavy atom. The number of carbonyl (C=O) groups is 2. The van der Waals surface area contributed by atoms with Crippen molar-refractivity contribution in [3.8, 4) is 0 Å². The molecule has 154 valence electrons. The maximum atomic E-state index is 12.6. The fourth-order valence-electron chi connectivity index (χ4n) is 2.65. The quantitative estimate of drug-likeness (QED) is 0.511. The van der Waals surface area contributed by atoms with Gasteiger partial charge in [0.25, 0.3) is 11.8 Å². The highest BCUT2D eigenvalue weighted by molar-refractivity contribution is 6.30. The van der Waals surface area contributed by atoms with Crippen molar-refractivity contribution >= 4 is 35.3 Å². The molecule has 1 unspecified atom stereocenters. The van der Waals surface area contributed by atoms with Crippen LogP contribution in [0.15, 0.2) is 53.6 Å². The topological polar surface area (TPSA) is 73.8 Å². The lowest BCUT2D eigenvalue weighted by molar-refractivity contribution is -0.123. The molecule has 2 amide bonds. The van der Waals surface area contributed by atoms with Crippen molar-refractivity contribution in [2.75, 3.05) is 19.0 Å². The zero-order chi connectivity index (χ0) is 21.4. The number of benzene rings is 2. The molecule has 2 aromatic carbocycles. The monoisotopic (exact) mass is 414 g/mol. The fourth-order valence-corrected chi connectivity index (χ4v) is 2.78. The summed E-state index contributed by atoms with van der Waals surface area (Å²) in [6.45, 7) is 3.98. The first kappa shape index (κ1) is 22.4. The maximum absolute atomic E-state index is 12.6. The van der Waals surface area contributed by atoms with Gasteiger partial charge in [0.05, 0.1) is 6.21 Å². The van der Waals surface area contributed by atoms with Crippen LogP contribution in [0.2, 0.25) is 5.02 Å². The molecule has 0 heterocycles. The Balaban J connectivity index is 2.00. The van der Waals surface area contributed by atoms with Crippen LogP contribution in [0.4, 0.5) is 5.69 Å². The lowest BCUT2D eigenvalue weighted by atomic mass is 10.0. The summed E-state index contributed by atoms with van der Waals surface area (Å²) in [7, 11) is 3.94. The van der Waals surface area contributed by atoms with E-state index in [4.69, 9.17) is 11.6 Å². The first-order chi connectivity index (χ1) is 13.8. The van der Waals surface area contributed by atoms with Gasteiger partial charge in [-0.25, -0.2) is 5.43 Å². The summed E-state index contributed by atoms with van der Waals surface area (Å²) in [5.74, 6) is -0.466. The van der Waals surface area contributed by atoms with Crippen LogP contribution in [0.1, 0.15) is 36.2 Å². The predicted molar refractivity (Wildman–Crippen MR) is 119 cm³/mol. The molecule has 0 aliphatic heterocycles. The largest absolute Gasteiger partial charge is 0.378 e. The van der Waals surface area contributed by atoms with Crippen molar-refractivity contribution in [3.05, 3.63) is 64.7 Å². The van der Waals surface area contributed by atoms with Gasteiger partial charge in [0, 0.05) is 30.4 Å². The van der Waals surface area contributed by atoms with Crippen molar-refractivity contribution in [1.82, 2.24) is 10.7 Å². The Labute approximate surface area is 176 Å². The van der Waals surface area contributed by atoms with Gasteiger partial charge in [0.2, 0.25) is 0 Å². The summed E-state index contributed by atoms with van der Waals surface area (Å²) in [6, 6.07) is 13.6. The normalized spacial score (nSPS) is 12.1. The Hall–Kier alpha value is -2.86. The number of halogens is 1. The molecule has 1 atom stereocenters. The molecule has 0 saturated heterocycles. The van der Waals surface area contributed by atoms with Gasteiger partial charge in [-0.1, -0.05) is 37.6 Å². The van der Waals surface area contributed by atoms with Gasteiger partial charge in [0.1, 0.15) is 6.04 Å². The average Bonchev–Trinajstić information content (AvgIpc) is 2.68. The van der Waals surface area contributed by atoms with E-state index in [-0.39, 0.29) is 17.7 Å². The zero-order valence-electron chi connectivity index (χ0n) is 17.1. The van der Waals surface area contributed by atoms with Gasteiger partial charge in [-0.2, -0.15) is 5.10 Å². The van der Waals surface area contributed by atoms with Crippen LogP contribution < -0.4 is 15.6 Å². The van der Waals surface area contributed by atoms with E-state index >= 15 is 0 Å². The summed E-state index contributed by atoms with van der Waals surface area (Å²) in [5.41, 5.74) is 4.91. The smallest absolute Gasteiger partial charge is 0.262 e. The van der Waals surface area contributed by atoms with Crippen LogP contribution in [0, 0.1) is 5.92 Å². The molecule has 0 fully saturated rings. The second-order valence-electron chi connectivity index (χ2n) is 7.38. The summed E-state index contributed by atoms with van der Waals surface area (Å²) in [6.07, 6.45) is 2.07. The van der Waals surface area contributed by atoms with E-state index in [1.165, 1.54) is 0 Å². The summed E-state index contributed by atoms with van der Waals surface area (Å²) in [5, 5.41) is 7.36. The number of amides is 2. The minimum Gasteiger partial charge on any atom is -0.378 e. The molecule has 2 rings (SSSR count). The standard InChI is InChI=1S/C22H27ClN4O2/c1-15(2)13-20(25-21(28)17-7-9-18(23)10-8-17)22(29)26-24-14-16-5-11-19(12-6-16)27(3)4/h5-12,14-15,20H,13H2,1-4H3,(H,25,28)(H,26,29)/b24-14+. The fraction of sp³-hybridized carbons (Fsp3) is 0.318. The van der Waals surface area contributed by atoms with E-state index in [9.17, 15) is 9.59 Å². The highest BCUT2D eigenvalue weighted by Crippen LogP contribution is 2.12. The van der Waals surface area contributed by atoms with E-state index in [1.54, 1.807) is 30.5 Å². The predicted octanol–water partition coefficient (Wildman–Crippen LogP) is 3.70. The van der Waals surface area contributed by atoms with Crippen molar-refractivity contribution in [1.29, 1.82) is 0 Å². The molecule has 6 nitrogen and oxygen atoms in total. The molecule has 2 aromatic rings. The third kappa shape index (κ3) is 7.23. The Morgan fingerprint density at radius 3 is 2.24 bits per heavy atom. The van der Waals surface area contributed by atoms with Crippen molar-refractivity contribution in [3.63, 3.8) is 0 Å². The first-order valence-electron chi connectivity index (χ1n) is 9.43. The highest BCUT2D eigenvalue weighted by Gasteiger charge is 2.22. The number of rotatable bonds is 8. The van der Waals surface area contributed by atoms with E-state index in [2.05, 4.69) is 15.8 Å². The highest BCUT2D eigenvalue weighted by atomic mass is 35.5. The summed E-state index contributed by atoms with van der Waals surface area (Å²) in [4.78, 5) is 27.0. The number of anilines is 1. The molecular weight excluding hydrogens is 388 g/mol. The van der Waals surface area contributed by atoms with Crippen LogP contribution in [0.3, 0.4) is 0 Å². The lowest BCUT2D eigenvalue weighted by Crippen LogP contribution is -2.46. The first-order valence-corrected chi connectivity index (χ1v) is 9.80.